The van der Waals surface area contributed by atoms with Gasteiger partial charge >= 0.3 is 12.2 Å². The highest BCUT2D eigenvalue weighted by molar-refractivity contribution is 6.05. The Labute approximate surface area is 170 Å². The van der Waals surface area contributed by atoms with E-state index in [1.54, 1.807) is 12.3 Å². The van der Waals surface area contributed by atoms with Gasteiger partial charge in [-0.15, -0.1) is 0 Å². The van der Waals surface area contributed by atoms with E-state index in [1.165, 1.54) is 17.7 Å². The third-order valence-corrected chi connectivity index (χ3v) is 5.11. The fraction of sp³-hybridized carbons (Fsp3) is 0.286. The Kier molecular flexibility index (Phi) is 5.54. The first-order valence-electron chi connectivity index (χ1n) is 9.62. The molecule has 1 fully saturated rings. The molecule has 3 heterocycles. The second-order valence-corrected chi connectivity index (χ2v) is 7.14. The number of anilines is 2. The largest absolute Gasteiger partial charge is 0.433 e. The average Bonchev–Trinajstić information content (AvgIpc) is 2.74. The minimum absolute atomic E-state index is 0.184. The van der Waals surface area contributed by atoms with E-state index in [4.69, 9.17) is 0 Å². The van der Waals surface area contributed by atoms with Gasteiger partial charge in [0.2, 0.25) is 0 Å². The summed E-state index contributed by atoms with van der Waals surface area (Å²) in [5.41, 5.74) is 1.37. The number of benzene rings is 1. The van der Waals surface area contributed by atoms with E-state index in [-0.39, 0.29) is 5.82 Å². The molecule has 0 saturated carbocycles. The van der Waals surface area contributed by atoms with Crippen LogP contribution in [0.3, 0.4) is 0 Å². The molecule has 6 nitrogen and oxygen atoms in total. The van der Waals surface area contributed by atoms with Crippen molar-refractivity contribution in [2.24, 2.45) is 0 Å². The number of fused-ring (bicyclic) bond motifs is 1. The Balaban J connectivity index is 1.55. The molecule has 0 aliphatic carbocycles. The number of amides is 2. The normalized spacial score (nSPS) is 15.2. The number of rotatable bonds is 3. The maximum atomic E-state index is 12.8. The van der Waals surface area contributed by atoms with E-state index in [9.17, 15) is 18.0 Å². The van der Waals surface area contributed by atoms with Gasteiger partial charge in [0, 0.05) is 11.6 Å². The van der Waals surface area contributed by atoms with Crippen molar-refractivity contribution in [3.63, 3.8) is 0 Å². The van der Waals surface area contributed by atoms with Crippen molar-refractivity contribution in [3.8, 4) is 0 Å². The van der Waals surface area contributed by atoms with E-state index < -0.39 is 17.9 Å². The maximum absolute atomic E-state index is 12.8. The summed E-state index contributed by atoms with van der Waals surface area (Å²) in [5, 5.41) is 9.17. The predicted octanol–water partition coefficient (Wildman–Crippen LogP) is 4.76. The molecule has 0 unspecified atom stereocenters. The van der Waals surface area contributed by atoms with Crippen LogP contribution in [-0.4, -0.2) is 29.1 Å². The van der Waals surface area contributed by atoms with Crippen LogP contribution in [0.15, 0.2) is 48.7 Å². The number of hydrogen-bond acceptors (Lipinski definition) is 4. The smallest absolute Gasteiger partial charge is 0.317 e. The van der Waals surface area contributed by atoms with Crippen LogP contribution in [0.1, 0.15) is 30.0 Å². The van der Waals surface area contributed by atoms with E-state index in [0.717, 1.165) is 42.9 Å². The number of carbonyl (C=O) groups excluding carboxylic acids is 1. The third kappa shape index (κ3) is 4.51. The minimum Gasteiger partial charge on any atom is -0.317 e. The third-order valence-electron chi connectivity index (χ3n) is 5.11. The van der Waals surface area contributed by atoms with Gasteiger partial charge < -0.3 is 10.6 Å². The van der Waals surface area contributed by atoms with Gasteiger partial charge in [-0.1, -0.05) is 12.1 Å². The number of alkyl halides is 3. The summed E-state index contributed by atoms with van der Waals surface area (Å²) < 4.78 is 38.4. The van der Waals surface area contributed by atoms with Crippen molar-refractivity contribution >= 4 is 28.4 Å². The van der Waals surface area contributed by atoms with Crippen molar-refractivity contribution in [1.29, 1.82) is 0 Å². The standard InChI is InChI=1S/C21H20F3N5O/c22-21(23,24)18-2-1-3-19(28-18)29-20(30)27-17-8-11-26-16-5-4-14(12-15(16)17)13-6-9-25-10-7-13/h1-5,8,11-13,25H,6-7,9-10H2,(H2,26,27,28,29,30). The molecule has 156 valence electrons. The highest BCUT2D eigenvalue weighted by atomic mass is 19.4. The van der Waals surface area contributed by atoms with E-state index in [2.05, 4.69) is 32.0 Å². The summed E-state index contributed by atoms with van der Waals surface area (Å²) in [7, 11) is 0. The van der Waals surface area contributed by atoms with Crippen LogP contribution >= 0.6 is 0 Å². The Morgan fingerprint density at radius 2 is 1.87 bits per heavy atom. The predicted molar refractivity (Wildman–Crippen MR) is 108 cm³/mol. The number of pyridine rings is 2. The Hall–Kier alpha value is -3.20. The zero-order valence-corrected chi connectivity index (χ0v) is 16.0. The van der Waals surface area contributed by atoms with Crippen LogP contribution in [0.5, 0.6) is 0 Å². The molecule has 1 saturated heterocycles. The number of urea groups is 1. The molecule has 9 heteroatoms. The monoisotopic (exact) mass is 415 g/mol. The molecule has 2 aromatic heterocycles. The summed E-state index contributed by atoms with van der Waals surface area (Å²) in [6, 6.07) is 10.3. The minimum atomic E-state index is -4.58. The Morgan fingerprint density at radius 1 is 1.07 bits per heavy atom. The SMILES string of the molecule is O=C(Nc1cccc(C(F)(F)F)n1)Nc1ccnc2ccc(C3CCNCC3)cc12. The van der Waals surface area contributed by atoms with Crippen LogP contribution in [0, 0.1) is 0 Å². The van der Waals surface area contributed by atoms with Gasteiger partial charge in [-0.2, -0.15) is 13.2 Å². The first-order chi connectivity index (χ1) is 14.4. The summed E-state index contributed by atoms with van der Waals surface area (Å²) in [5.74, 6) is 0.253. The van der Waals surface area contributed by atoms with Gasteiger partial charge in [-0.3, -0.25) is 10.3 Å². The van der Waals surface area contributed by atoms with Crippen LogP contribution in [0.2, 0.25) is 0 Å². The second-order valence-electron chi connectivity index (χ2n) is 7.14. The number of hydrogen-bond donors (Lipinski definition) is 3. The number of aromatic nitrogens is 2. The van der Waals surface area contributed by atoms with Gasteiger partial charge in [0.25, 0.3) is 0 Å². The molecular weight excluding hydrogens is 395 g/mol. The van der Waals surface area contributed by atoms with Gasteiger partial charge in [0.1, 0.15) is 11.5 Å². The molecule has 2 amide bonds. The molecule has 1 aliphatic rings. The molecule has 4 rings (SSSR count). The highest BCUT2D eigenvalue weighted by Crippen LogP contribution is 2.31. The molecule has 1 aromatic carbocycles. The van der Waals surface area contributed by atoms with Gasteiger partial charge in [0.15, 0.2) is 0 Å². The average molecular weight is 415 g/mol. The molecule has 0 radical (unpaired) electrons. The highest BCUT2D eigenvalue weighted by Gasteiger charge is 2.32. The van der Waals surface area contributed by atoms with E-state index in [1.807, 2.05) is 12.1 Å². The summed E-state index contributed by atoms with van der Waals surface area (Å²) >= 11 is 0. The Bertz CT molecular complexity index is 1060. The quantitative estimate of drug-likeness (QED) is 0.576. The van der Waals surface area contributed by atoms with Crippen molar-refractivity contribution < 1.29 is 18.0 Å². The van der Waals surface area contributed by atoms with Gasteiger partial charge in [0.05, 0.1) is 11.2 Å². The van der Waals surface area contributed by atoms with Crippen LogP contribution in [0.25, 0.3) is 10.9 Å². The second kappa shape index (κ2) is 8.27. The number of nitrogens with zero attached hydrogens (tertiary/aromatic N) is 2. The van der Waals surface area contributed by atoms with Gasteiger partial charge in [-0.05, 0) is 67.7 Å². The molecule has 0 atom stereocenters. The zero-order chi connectivity index (χ0) is 21.1. The molecule has 30 heavy (non-hydrogen) atoms. The van der Waals surface area contributed by atoms with E-state index >= 15 is 0 Å². The lowest BCUT2D eigenvalue weighted by Gasteiger charge is -2.23. The fourth-order valence-electron chi connectivity index (χ4n) is 3.61. The maximum Gasteiger partial charge on any atom is 0.433 e. The molecule has 0 bridgehead atoms. The zero-order valence-electron chi connectivity index (χ0n) is 16.0. The first kappa shape index (κ1) is 20.1. The Morgan fingerprint density at radius 3 is 2.63 bits per heavy atom. The lowest BCUT2D eigenvalue weighted by Crippen LogP contribution is -2.26. The summed E-state index contributed by atoms with van der Waals surface area (Å²) in [4.78, 5) is 20.2. The molecule has 0 spiro atoms. The summed E-state index contributed by atoms with van der Waals surface area (Å²) in [6.45, 7) is 1.93. The molecule has 3 N–H and O–H groups in total. The van der Waals surface area contributed by atoms with Crippen molar-refractivity contribution in [2.75, 3.05) is 23.7 Å². The van der Waals surface area contributed by atoms with Crippen molar-refractivity contribution in [3.05, 3.63) is 59.9 Å². The van der Waals surface area contributed by atoms with Gasteiger partial charge in [-0.25, -0.2) is 9.78 Å². The number of carbonyl (C=O) groups is 1. The van der Waals surface area contributed by atoms with Crippen LogP contribution < -0.4 is 16.0 Å². The van der Waals surface area contributed by atoms with Crippen LogP contribution in [0.4, 0.5) is 29.5 Å². The number of nitrogens with one attached hydrogen (secondary N) is 3. The lowest BCUT2D eigenvalue weighted by molar-refractivity contribution is -0.141. The summed E-state index contributed by atoms with van der Waals surface area (Å²) in [6.07, 6.45) is -0.933. The molecule has 1 aliphatic heterocycles. The first-order valence-corrected chi connectivity index (χ1v) is 9.62. The number of halogens is 3. The van der Waals surface area contributed by atoms with Crippen molar-refractivity contribution in [2.45, 2.75) is 24.9 Å². The topological polar surface area (TPSA) is 78.9 Å². The number of piperidine rings is 1. The van der Waals surface area contributed by atoms with Crippen molar-refractivity contribution in [1.82, 2.24) is 15.3 Å². The fourth-order valence-corrected chi connectivity index (χ4v) is 3.61. The van der Waals surface area contributed by atoms with E-state index in [0.29, 0.717) is 11.6 Å². The molecular formula is C21H20F3N5O. The molecule has 3 aromatic rings. The van der Waals surface area contributed by atoms with Crippen LogP contribution in [-0.2, 0) is 6.18 Å². The lowest BCUT2D eigenvalue weighted by atomic mass is 9.89.